The van der Waals surface area contributed by atoms with E-state index in [2.05, 4.69) is 14.9 Å². The lowest BCUT2D eigenvalue weighted by Crippen LogP contribution is -2.44. The second kappa shape index (κ2) is 9.79. The maximum Gasteiger partial charge on any atom is 0.240 e. The monoisotopic (exact) mass is 397 g/mol. The summed E-state index contributed by atoms with van der Waals surface area (Å²) in [7, 11) is -3.42. The van der Waals surface area contributed by atoms with Crippen LogP contribution in [0.5, 0.6) is 5.75 Å². The number of halogens is 2. The lowest BCUT2D eigenvalue weighted by atomic mass is 10.2. The molecule has 0 bridgehead atoms. The van der Waals surface area contributed by atoms with Crippen molar-refractivity contribution in [2.45, 2.75) is 17.7 Å². The van der Waals surface area contributed by atoms with Crippen molar-refractivity contribution in [3.63, 3.8) is 0 Å². The van der Waals surface area contributed by atoms with Crippen LogP contribution in [0.4, 0.5) is 0 Å². The molecule has 0 atom stereocenters. The lowest BCUT2D eigenvalue weighted by Gasteiger charge is -2.27. The van der Waals surface area contributed by atoms with Gasteiger partial charge in [0, 0.05) is 39.1 Å². The van der Waals surface area contributed by atoms with Crippen molar-refractivity contribution in [2.75, 3.05) is 45.9 Å². The number of benzene rings is 1. The van der Waals surface area contributed by atoms with E-state index in [1.165, 1.54) is 0 Å². The third kappa shape index (κ3) is 5.47. The van der Waals surface area contributed by atoms with Gasteiger partial charge in [-0.1, -0.05) is 0 Å². The van der Waals surface area contributed by atoms with Crippen molar-refractivity contribution in [2.24, 2.45) is 0 Å². The maximum atomic E-state index is 12.3. The highest BCUT2D eigenvalue weighted by Gasteiger charge is 2.19. The molecule has 0 unspecified atom stereocenters. The van der Waals surface area contributed by atoms with Crippen molar-refractivity contribution in [3.8, 4) is 5.75 Å². The van der Waals surface area contributed by atoms with Gasteiger partial charge in [-0.15, -0.1) is 24.8 Å². The minimum atomic E-state index is -3.42. The number of hydrogen-bond donors (Lipinski definition) is 2. The van der Waals surface area contributed by atoms with Crippen LogP contribution < -0.4 is 14.8 Å². The summed E-state index contributed by atoms with van der Waals surface area (Å²) >= 11 is 0. The van der Waals surface area contributed by atoms with Gasteiger partial charge in [0.05, 0.1) is 11.5 Å². The predicted molar refractivity (Wildman–Crippen MR) is 99.3 cm³/mol. The number of nitrogens with one attached hydrogen (secondary N) is 2. The number of rotatable bonds is 6. The summed E-state index contributed by atoms with van der Waals surface area (Å²) in [6, 6.07) is 5.08. The summed E-state index contributed by atoms with van der Waals surface area (Å²) in [6.45, 7) is 6.15. The van der Waals surface area contributed by atoms with E-state index >= 15 is 0 Å². The minimum absolute atomic E-state index is 0. The fourth-order valence-corrected chi connectivity index (χ4v) is 3.98. The first-order valence-corrected chi connectivity index (χ1v) is 9.32. The largest absolute Gasteiger partial charge is 0.493 e. The zero-order valence-electron chi connectivity index (χ0n) is 13.5. The predicted octanol–water partition coefficient (Wildman–Crippen LogP) is 1.04. The normalized spacial score (nSPS) is 17.3. The van der Waals surface area contributed by atoms with Gasteiger partial charge < -0.3 is 15.0 Å². The number of nitrogens with zero attached hydrogens (tertiary/aromatic N) is 1. The van der Waals surface area contributed by atoms with Crippen molar-refractivity contribution in [1.29, 1.82) is 0 Å². The quantitative estimate of drug-likeness (QED) is 0.701. The third-order valence-corrected chi connectivity index (χ3v) is 5.58. The zero-order chi connectivity index (χ0) is 15.4. The van der Waals surface area contributed by atoms with E-state index in [0.717, 1.165) is 56.9 Å². The van der Waals surface area contributed by atoms with Crippen molar-refractivity contribution < 1.29 is 13.2 Å². The van der Waals surface area contributed by atoms with Gasteiger partial charge in [-0.05, 0) is 36.7 Å². The molecule has 0 radical (unpaired) electrons. The topological polar surface area (TPSA) is 70.7 Å². The van der Waals surface area contributed by atoms with Crippen molar-refractivity contribution in [1.82, 2.24) is 14.9 Å². The molecule has 0 amide bonds. The van der Waals surface area contributed by atoms with E-state index in [-0.39, 0.29) is 24.8 Å². The zero-order valence-corrected chi connectivity index (χ0v) is 15.9. The fourth-order valence-electron chi connectivity index (χ4n) is 2.86. The minimum Gasteiger partial charge on any atom is -0.493 e. The van der Waals surface area contributed by atoms with Crippen LogP contribution in [0.25, 0.3) is 0 Å². The molecule has 0 spiro atoms. The average molecular weight is 398 g/mol. The molecule has 3 rings (SSSR count). The van der Waals surface area contributed by atoms with E-state index in [9.17, 15) is 8.42 Å². The van der Waals surface area contributed by atoms with Crippen LogP contribution in [0.3, 0.4) is 0 Å². The Bertz CT molecular complexity index is 622. The van der Waals surface area contributed by atoms with Gasteiger partial charge in [0.2, 0.25) is 10.0 Å². The van der Waals surface area contributed by atoms with Crippen LogP contribution in [0, 0.1) is 0 Å². The highest BCUT2D eigenvalue weighted by atomic mass is 35.5. The smallest absolute Gasteiger partial charge is 0.240 e. The molecule has 2 aliphatic rings. The van der Waals surface area contributed by atoms with Gasteiger partial charge in [0.25, 0.3) is 0 Å². The molecular weight excluding hydrogens is 373 g/mol. The molecule has 6 nitrogen and oxygen atoms in total. The molecule has 1 aromatic rings. The van der Waals surface area contributed by atoms with Crippen molar-refractivity contribution >= 4 is 34.8 Å². The lowest BCUT2D eigenvalue weighted by molar-refractivity contribution is 0.239. The molecule has 1 aromatic carbocycles. The Morgan fingerprint density at radius 2 is 1.96 bits per heavy atom. The molecule has 2 aliphatic heterocycles. The molecule has 0 aromatic heterocycles. The summed E-state index contributed by atoms with van der Waals surface area (Å²) in [4.78, 5) is 2.69. The van der Waals surface area contributed by atoms with E-state index in [1.54, 1.807) is 18.2 Å². The summed E-state index contributed by atoms with van der Waals surface area (Å²) in [6.07, 6.45) is 1.61. The van der Waals surface area contributed by atoms with Crippen LogP contribution in [0.1, 0.15) is 12.0 Å². The van der Waals surface area contributed by atoms with Gasteiger partial charge >= 0.3 is 0 Å². The Balaban J connectivity index is 0.00000144. The van der Waals surface area contributed by atoms with Gasteiger partial charge in [-0.2, -0.15) is 0 Å². The maximum absolute atomic E-state index is 12.3. The summed E-state index contributed by atoms with van der Waals surface area (Å²) in [5, 5.41) is 3.31. The first-order chi connectivity index (χ1) is 10.6. The molecule has 2 N–H and O–H groups in total. The first kappa shape index (κ1) is 21.5. The molecular formula is C15H25Cl2N3O3S. The fraction of sp³-hybridized carbons (Fsp3) is 0.600. The van der Waals surface area contributed by atoms with E-state index in [0.29, 0.717) is 18.0 Å². The highest BCUT2D eigenvalue weighted by Crippen LogP contribution is 2.27. The Labute approximate surface area is 156 Å². The summed E-state index contributed by atoms with van der Waals surface area (Å²) < 4.78 is 32.7. The molecule has 9 heteroatoms. The third-order valence-electron chi connectivity index (χ3n) is 4.12. The average Bonchev–Trinajstić information content (AvgIpc) is 3.00. The Hall–Kier alpha value is -0.570. The van der Waals surface area contributed by atoms with Gasteiger partial charge in [0.1, 0.15) is 5.75 Å². The number of ether oxygens (including phenoxy) is 1. The summed E-state index contributed by atoms with van der Waals surface area (Å²) in [5.41, 5.74) is 0.976. The van der Waals surface area contributed by atoms with Gasteiger partial charge in [-0.25, -0.2) is 13.1 Å². The molecule has 0 aliphatic carbocycles. The summed E-state index contributed by atoms with van der Waals surface area (Å²) in [5.74, 6) is 0.803. The van der Waals surface area contributed by atoms with Gasteiger partial charge in [0.15, 0.2) is 0 Å². The van der Waals surface area contributed by atoms with Gasteiger partial charge in [-0.3, -0.25) is 0 Å². The number of piperazine rings is 1. The second-order valence-corrected chi connectivity index (χ2v) is 7.48. The molecule has 24 heavy (non-hydrogen) atoms. The second-order valence-electron chi connectivity index (χ2n) is 5.71. The van der Waals surface area contributed by atoms with Crippen LogP contribution in [-0.2, 0) is 16.4 Å². The van der Waals surface area contributed by atoms with E-state index in [1.807, 2.05) is 0 Å². The molecule has 2 heterocycles. The number of hydrogen-bond acceptors (Lipinski definition) is 5. The Kier molecular flexibility index (Phi) is 8.76. The molecule has 0 saturated carbocycles. The Morgan fingerprint density at radius 1 is 1.21 bits per heavy atom. The molecule has 1 fully saturated rings. The van der Waals surface area contributed by atoms with Crippen LogP contribution in [0.2, 0.25) is 0 Å². The highest BCUT2D eigenvalue weighted by molar-refractivity contribution is 7.89. The van der Waals surface area contributed by atoms with E-state index in [4.69, 9.17) is 4.74 Å². The molecule has 1 saturated heterocycles. The first-order valence-electron chi connectivity index (χ1n) is 7.84. The Morgan fingerprint density at radius 3 is 2.71 bits per heavy atom. The van der Waals surface area contributed by atoms with Crippen molar-refractivity contribution in [3.05, 3.63) is 23.8 Å². The van der Waals surface area contributed by atoms with E-state index < -0.39 is 10.0 Å². The number of fused-ring (bicyclic) bond motifs is 1. The SMILES string of the molecule is Cl.Cl.O=S(=O)(NCCCN1CCNCC1)c1ccc2c(c1)CCO2. The molecule has 138 valence electrons. The standard InChI is InChI=1S/C15H23N3O3S.2ClH/c19-22(20,14-2-3-15-13(12-14)4-11-21-15)17-5-1-8-18-9-6-16-7-10-18;;/h2-3,12,16-17H,1,4-11H2;2*1H. The van der Waals surface area contributed by atoms with Crippen LogP contribution in [0.15, 0.2) is 23.1 Å². The van der Waals surface area contributed by atoms with Crippen LogP contribution >= 0.6 is 24.8 Å². The number of sulfonamides is 1. The van der Waals surface area contributed by atoms with Crippen LogP contribution in [-0.4, -0.2) is 59.2 Å².